The Balaban J connectivity index is 1.77. The number of carbonyl (C=O) groups excluding carboxylic acids is 2. The number of fused-ring (bicyclic) bond motifs is 1. The lowest BCUT2D eigenvalue weighted by Gasteiger charge is -2.31. The molecule has 2 aromatic heterocycles. The smallest absolute Gasteiger partial charge is 0.269 e. The summed E-state index contributed by atoms with van der Waals surface area (Å²) in [5, 5.41) is 13.7. The number of nitrogens with zero attached hydrogens (tertiary/aromatic N) is 2. The zero-order valence-corrected chi connectivity index (χ0v) is 17.9. The van der Waals surface area contributed by atoms with E-state index in [9.17, 15) is 14.7 Å². The maximum absolute atomic E-state index is 12.7. The van der Waals surface area contributed by atoms with E-state index in [1.807, 2.05) is 23.8 Å². The summed E-state index contributed by atoms with van der Waals surface area (Å²) in [6, 6.07) is 1.70. The standard InChI is InChI=1S/C23H30N4O3/c1-13-12-27(17-9-23(2,3)10-19(29)20(13)17)14-8-16(21(22(24)30)25-11-14)26-15-6-4-5-7-18(15)28/h8,11-12,15,18,26,28H,4-7,9-10H2,1-3H3,(H2,24,30). The first-order valence-corrected chi connectivity index (χ1v) is 10.6. The number of primary amides is 1. The molecule has 1 amide bonds. The largest absolute Gasteiger partial charge is 0.391 e. The van der Waals surface area contributed by atoms with Gasteiger partial charge in [0.1, 0.15) is 0 Å². The van der Waals surface area contributed by atoms with Gasteiger partial charge in [-0.25, -0.2) is 4.98 Å². The second-order valence-electron chi connectivity index (χ2n) is 9.50. The predicted octanol–water partition coefficient (Wildman–Crippen LogP) is 3.15. The number of pyridine rings is 1. The molecule has 1 fully saturated rings. The summed E-state index contributed by atoms with van der Waals surface area (Å²) in [6.45, 7) is 6.16. The highest BCUT2D eigenvalue weighted by molar-refractivity contribution is 6.00. The second kappa shape index (κ2) is 7.54. The first-order valence-electron chi connectivity index (χ1n) is 10.6. The van der Waals surface area contributed by atoms with Crippen LogP contribution in [0, 0.1) is 12.3 Å². The van der Waals surface area contributed by atoms with E-state index in [0.717, 1.165) is 54.6 Å². The van der Waals surface area contributed by atoms with Crippen LogP contribution in [0.4, 0.5) is 5.69 Å². The Labute approximate surface area is 176 Å². The highest BCUT2D eigenvalue weighted by Crippen LogP contribution is 2.38. The number of aromatic nitrogens is 2. The molecule has 4 rings (SSSR count). The SMILES string of the molecule is Cc1cn(-c2cnc(C(N)=O)c(NC3CCCCC3O)c2)c2c1C(=O)CC(C)(C)C2. The molecule has 7 nitrogen and oxygen atoms in total. The number of anilines is 1. The van der Waals surface area contributed by atoms with Gasteiger partial charge in [-0.2, -0.15) is 0 Å². The molecular formula is C23H30N4O3. The van der Waals surface area contributed by atoms with Crippen LogP contribution in [-0.4, -0.2) is 38.5 Å². The van der Waals surface area contributed by atoms with E-state index in [0.29, 0.717) is 12.1 Å². The van der Waals surface area contributed by atoms with E-state index in [1.54, 1.807) is 6.20 Å². The fourth-order valence-corrected chi connectivity index (χ4v) is 4.88. The molecule has 7 heteroatoms. The third kappa shape index (κ3) is 3.74. The number of carbonyl (C=O) groups is 2. The van der Waals surface area contributed by atoms with Crippen LogP contribution in [0.2, 0.25) is 0 Å². The minimum Gasteiger partial charge on any atom is -0.391 e. The minimum atomic E-state index is -0.614. The molecule has 0 spiro atoms. The summed E-state index contributed by atoms with van der Waals surface area (Å²) in [6.07, 6.45) is 8.01. The van der Waals surface area contributed by atoms with Crippen molar-refractivity contribution in [3.63, 3.8) is 0 Å². The number of ketones is 1. The van der Waals surface area contributed by atoms with Gasteiger partial charge < -0.3 is 20.7 Å². The molecule has 2 aliphatic carbocycles. The van der Waals surface area contributed by atoms with Gasteiger partial charge in [0.15, 0.2) is 11.5 Å². The van der Waals surface area contributed by atoms with Gasteiger partial charge in [-0.3, -0.25) is 9.59 Å². The number of nitrogens with one attached hydrogen (secondary N) is 1. The molecule has 30 heavy (non-hydrogen) atoms. The van der Waals surface area contributed by atoms with Crippen LogP contribution >= 0.6 is 0 Å². The predicted molar refractivity (Wildman–Crippen MR) is 115 cm³/mol. The highest BCUT2D eigenvalue weighted by Gasteiger charge is 2.35. The van der Waals surface area contributed by atoms with Gasteiger partial charge in [-0.15, -0.1) is 0 Å². The molecule has 2 aliphatic rings. The van der Waals surface area contributed by atoms with Gasteiger partial charge in [0, 0.05) is 23.9 Å². The van der Waals surface area contributed by atoms with E-state index in [-0.39, 0.29) is 22.9 Å². The molecule has 0 saturated heterocycles. The Hall–Kier alpha value is -2.67. The van der Waals surface area contributed by atoms with Crippen LogP contribution in [-0.2, 0) is 6.42 Å². The van der Waals surface area contributed by atoms with Gasteiger partial charge in [-0.05, 0) is 43.2 Å². The first kappa shape index (κ1) is 20.6. The number of nitrogens with two attached hydrogens (primary N) is 1. The molecule has 0 aromatic carbocycles. The van der Waals surface area contributed by atoms with Crippen molar-refractivity contribution in [1.29, 1.82) is 0 Å². The van der Waals surface area contributed by atoms with Crippen LogP contribution in [0.25, 0.3) is 5.69 Å². The van der Waals surface area contributed by atoms with Crippen LogP contribution in [0.5, 0.6) is 0 Å². The van der Waals surface area contributed by atoms with Gasteiger partial charge >= 0.3 is 0 Å². The quantitative estimate of drug-likeness (QED) is 0.717. The topological polar surface area (TPSA) is 110 Å². The number of hydrogen-bond acceptors (Lipinski definition) is 5. The normalized spacial score (nSPS) is 23.1. The molecule has 160 valence electrons. The summed E-state index contributed by atoms with van der Waals surface area (Å²) in [7, 11) is 0. The van der Waals surface area contributed by atoms with Crippen LogP contribution in [0.15, 0.2) is 18.5 Å². The van der Waals surface area contributed by atoms with E-state index in [4.69, 9.17) is 5.73 Å². The van der Waals surface area contributed by atoms with Crippen molar-refractivity contribution in [3.05, 3.63) is 41.0 Å². The van der Waals surface area contributed by atoms with E-state index in [2.05, 4.69) is 24.1 Å². The molecule has 0 radical (unpaired) electrons. The highest BCUT2D eigenvalue weighted by atomic mass is 16.3. The van der Waals surface area contributed by atoms with E-state index in [1.165, 1.54) is 0 Å². The summed E-state index contributed by atoms with van der Waals surface area (Å²) < 4.78 is 2.00. The van der Waals surface area contributed by atoms with Crippen molar-refractivity contribution in [2.24, 2.45) is 11.1 Å². The molecule has 2 atom stereocenters. The van der Waals surface area contributed by atoms with Gasteiger partial charge in [0.2, 0.25) is 0 Å². The Morgan fingerprint density at radius 3 is 2.73 bits per heavy atom. The molecule has 0 aliphatic heterocycles. The van der Waals surface area contributed by atoms with Crippen LogP contribution in [0.1, 0.15) is 78.1 Å². The van der Waals surface area contributed by atoms with Crippen molar-refractivity contribution in [1.82, 2.24) is 9.55 Å². The van der Waals surface area contributed by atoms with Gasteiger partial charge in [-0.1, -0.05) is 26.7 Å². The Bertz CT molecular complexity index is 1010. The number of Topliss-reactive ketones (excluding diaryl/α,β-unsaturated/α-hetero) is 1. The number of aryl methyl sites for hydroxylation is 1. The zero-order chi connectivity index (χ0) is 21.6. The lowest BCUT2D eigenvalue weighted by Crippen LogP contribution is -2.37. The fourth-order valence-electron chi connectivity index (χ4n) is 4.88. The van der Waals surface area contributed by atoms with Crippen molar-refractivity contribution in [3.8, 4) is 5.69 Å². The maximum atomic E-state index is 12.7. The third-order valence-corrected chi connectivity index (χ3v) is 6.32. The molecule has 2 aromatic rings. The van der Waals surface area contributed by atoms with E-state index >= 15 is 0 Å². The lowest BCUT2D eigenvalue weighted by molar-refractivity contribution is 0.0909. The molecule has 4 N–H and O–H groups in total. The van der Waals surface area contributed by atoms with Gasteiger partial charge in [0.05, 0.1) is 29.7 Å². The third-order valence-electron chi connectivity index (χ3n) is 6.32. The zero-order valence-electron chi connectivity index (χ0n) is 17.9. The summed E-state index contributed by atoms with van der Waals surface area (Å²) in [5.74, 6) is -0.445. The number of amides is 1. The van der Waals surface area contributed by atoms with Crippen LogP contribution < -0.4 is 11.1 Å². The number of aliphatic hydroxyl groups excluding tert-OH is 1. The molecule has 2 unspecified atom stereocenters. The van der Waals surface area contributed by atoms with Crippen molar-refractivity contribution in [2.45, 2.75) is 71.4 Å². The van der Waals surface area contributed by atoms with Crippen molar-refractivity contribution in [2.75, 3.05) is 5.32 Å². The average Bonchev–Trinajstić information content (AvgIpc) is 2.98. The maximum Gasteiger partial charge on any atom is 0.269 e. The lowest BCUT2D eigenvalue weighted by atomic mass is 9.75. The van der Waals surface area contributed by atoms with Gasteiger partial charge in [0.25, 0.3) is 5.91 Å². The second-order valence-corrected chi connectivity index (χ2v) is 9.50. The number of rotatable bonds is 4. The summed E-state index contributed by atoms with van der Waals surface area (Å²) in [4.78, 5) is 29.0. The molecule has 1 saturated carbocycles. The monoisotopic (exact) mass is 410 g/mol. The summed E-state index contributed by atoms with van der Waals surface area (Å²) in [5.41, 5.74) is 9.61. The Kier molecular flexibility index (Phi) is 5.18. The molecule has 0 bridgehead atoms. The van der Waals surface area contributed by atoms with Crippen molar-refractivity contribution >= 4 is 17.4 Å². The van der Waals surface area contributed by atoms with Crippen molar-refractivity contribution < 1.29 is 14.7 Å². The Morgan fingerprint density at radius 1 is 1.30 bits per heavy atom. The molecular weight excluding hydrogens is 380 g/mol. The van der Waals surface area contributed by atoms with E-state index < -0.39 is 12.0 Å². The number of aliphatic hydroxyl groups is 1. The number of hydrogen-bond donors (Lipinski definition) is 3. The fraction of sp³-hybridized carbons (Fsp3) is 0.522. The Morgan fingerprint density at radius 2 is 2.03 bits per heavy atom. The first-order chi connectivity index (χ1) is 14.2. The van der Waals surface area contributed by atoms with Crippen LogP contribution in [0.3, 0.4) is 0 Å². The summed E-state index contributed by atoms with van der Waals surface area (Å²) >= 11 is 0. The minimum absolute atomic E-state index is 0.111. The average molecular weight is 411 g/mol. The molecule has 2 heterocycles.